The van der Waals surface area contributed by atoms with Gasteiger partial charge in [-0.3, -0.25) is 9.69 Å². The van der Waals surface area contributed by atoms with Crippen molar-refractivity contribution in [3.05, 3.63) is 28.0 Å². The molecule has 1 aliphatic rings. The first-order chi connectivity index (χ1) is 9.08. The molecule has 104 valence electrons. The second-order valence-corrected chi connectivity index (χ2v) is 5.56. The molecule has 19 heavy (non-hydrogen) atoms. The van der Waals surface area contributed by atoms with Gasteiger partial charge in [-0.15, -0.1) is 0 Å². The second-order valence-electron chi connectivity index (χ2n) is 4.80. The van der Waals surface area contributed by atoms with E-state index in [4.69, 9.17) is 23.2 Å². The van der Waals surface area contributed by atoms with Gasteiger partial charge in [0.1, 0.15) is 5.15 Å². The molecule has 1 atom stereocenters. The largest absolute Gasteiger partial charge is 0.350 e. The van der Waals surface area contributed by atoms with E-state index in [0.717, 1.165) is 13.1 Å². The Balaban J connectivity index is 1.88. The normalized spacial score (nSPS) is 17.4. The zero-order chi connectivity index (χ0) is 13.8. The lowest BCUT2D eigenvalue weighted by Gasteiger charge is -2.23. The Bertz CT molecular complexity index is 461. The molecule has 2 heterocycles. The molecule has 1 N–H and O–H groups in total. The van der Waals surface area contributed by atoms with Crippen molar-refractivity contribution in [3.63, 3.8) is 0 Å². The zero-order valence-corrected chi connectivity index (χ0v) is 12.3. The summed E-state index contributed by atoms with van der Waals surface area (Å²) in [6.07, 6.45) is 3.92. The lowest BCUT2D eigenvalue weighted by molar-refractivity contribution is 0.0940. The van der Waals surface area contributed by atoms with E-state index in [-0.39, 0.29) is 11.1 Å². The molecule has 0 spiro atoms. The van der Waals surface area contributed by atoms with Crippen LogP contribution in [0.2, 0.25) is 10.2 Å². The van der Waals surface area contributed by atoms with Crippen molar-refractivity contribution in [1.29, 1.82) is 0 Å². The second kappa shape index (κ2) is 6.55. The SMILES string of the molecule is CC(CNC(=O)c1cnc(Cl)c(Cl)c1)N1CCCC1. The Morgan fingerprint density at radius 1 is 1.47 bits per heavy atom. The van der Waals surface area contributed by atoms with Crippen molar-refractivity contribution in [2.75, 3.05) is 19.6 Å². The molecule has 0 bridgehead atoms. The van der Waals surface area contributed by atoms with Gasteiger partial charge in [0.2, 0.25) is 0 Å². The maximum absolute atomic E-state index is 12.0. The van der Waals surface area contributed by atoms with Crippen LogP contribution in [0.15, 0.2) is 12.3 Å². The van der Waals surface area contributed by atoms with Crippen LogP contribution in [-0.4, -0.2) is 41.5 Å². The first-order valence-corrected chi connectivity index (χ1v) is 7.17. The van der Waals surface area contributed by atoms with Gasteiger partial charge in [-0.25, -0.2) is 4.98 Å². The van der Waals surface area contributed by atoms with Gasteiger partial charge in [-0.05, 0) is 38.9 Å². The van der Waals surface area contributed by atoms with E-state index in [1.807, 2.05) is 0 Å². The number of pyridine rings is 1. The fourth-order valence-electron chi connectivity index (χ4n) is 2.20. The average molecular weight is 302 g/mol. The summed E-state index contributed by atoms with van der Waals surface area (Å²) in [4.78, 5) is 18.2. The maximum Gasteiger partial charge on any atom is 0.252 e. The average Bonchev–Trinajstić information content (AvgIpc) is 2.92. The Labute approximate surface area is 123 Å². The number of likely N-dealkylation sites (tertiary alicyclic amines) is 1. The zero-order valence-electron chi connectivity index (χ0n) is 10.8. The van der Waals surface area contributed by atoms with Crippen LogP contribution in [0.25, 0.3) is 0 Å². The van der Waals surface area contributed by atoms with Gasteiger partial charge in [0, 0.05) is 18.8 Å². The van der Waals surface area contributed by atoms with Crippen molar-refractivity contribution in [1.82, 2.24) is 15.2 Å². The van der Waals surface area contributed by atoms with E-state index < -0.39 is 0 Å². The minimum absolute atomic E-state index is 0.169. The molecule has 0 aromatic carbocycles. The van der Waals surface area contributed by atoms with Crippen LogP contribution >= 0.6 is 23.2 Å². The molecule has 0 saturated carbocycles. The number of amides is 1. The summed E-state index contributed by atoms with van der Waals surface area (Å²) in [6, 6.07) is 1.88. The fourth-order valence-corrected chi connectivity index (χ4v) is 2.47. The number of carbonyl (C=O) groups is 1. The maximum atomic E-state index is 12.0. The molecule has 1 saturated heterocycles. The summed E-state index contributed by atoms with van der Waals surface area (Å²) in [5.41, 5.74) is 0.433. The van der Waals surface area contributed by atoms with Gasteiger partial charge in [0.15, 0.2) is 0 Å². The Hall–Kier alpha value is -0.840. The van der Waals surface area contributed by atoms with Crippen molar-refractivity contribution >= 4 is 29.1 Å². The molecule has 6 heteroatoms. The van der Waals surface area contributed by atoms with E-state index in [2.05, 4.69) is 22.1 Å². The molecule has 1 unspecified atom stereocenters. The van der Waals surface area contributed by atoms with Crippen LogP contribution < -0.4 is 5.32 Å². The smallest absolute Gasteiger partial charge is 0.252 e. The Kier molecular flexibility index (Phi) is 5.02. The lowest BCUT2D eigenvalue weighted by atomic mass is 10.2. The molecular weight excluding hydrogens is 285 g/mol. The van der Waals surface area contributed by atoms with Crippen LogP contribution in [0.5, 0.6) is 0 Å². The van der Waals surface area contributed by atoms with Gasteiger partial charge in [0.05, 0.1) is 10.6 Å². The molecule has 4 nitrogen and oxygen atoms in total. The Morgan fingerprint density at radius 2 is 2.16 bits per heavy atom. The fraction of sp³-hybridized carbons (Fsp3) is 0.538. The number of halogens is 2. The topological polar surface area (TPSA) is 45.2 Å². The molecule has 2 rings (SSSR count). The van der Waals surface area contributed by atoms with Crippen LogP contribution in [0.1, 0.15) is 30.1 Å². The van der Waals surface area contributed by atoms with Crippen LogP contribution in [-0.2, 0) is 0 Å². The summed E-state index contributed by atoms with van der Waals surface area (Å²) in [7, 11) is 0. The lowest BCUT2D eigenvalue weighted by Crippen LogP contribution is -2.40. The molecule has 1 amide bonds. The summed E-state index contributed by atoms with van der Waals surface area (Å²) < 4.78 is 0. The third-order valence-corrected chi connectivity index (χ3v) is 4.07. The highest BCUT2D eigenvalue weighted by atomic mass is 35.5. The predicted molar refractivity (Wildman–Crippen MR) is 76.9 cm³/mol. The quantitative estimate of drug-likeness (QED) is 0.870. The van der Waals surface area contributed by atoms with Gasteiger partial charge in [0.25, 0.3) is 5.91 Å². The number of nitrogens with zero attached hydrogens (tertiary/aromatic N) is 2. The highest BCUT2D eigenvalue weighted by Crippen LogP contribution is 2.19. The van der Waals surface area contributed by atoms with Crippen LogP contribution in [0.4, 0.5) is 0 Å². The number of nitrogens with one attached hydrogen (secondary N) is 1. The molecule has 1 aromatic heterocycles. The minimum Gasteiger partial charge on any atom is -0.350 e. The van der Waals surface area contributed by atoms with Crippen LogP contribution in [0.3, 0.4) is 0 Å². The first-order valence-electron chi connectivity index (χ1n) is 6.41. The first kappa shape index (κ1) is 14.6. The van der Waals surface area contributed by atoms with Crippen molar-refractivity contribution in [2.45, 2.75) is 25.8 Å². The summed E-state index contributed by atoms with van der Waals surface area (Å²) >= 11 is 11.6. The van der Waals surface area contributed by atoms with Gasteiger partial charge in [-0.2, -0.15) is 0 Å². The molecule has 1 fully saturated rings. The van der Waals surface area contributed by atoms with Crippen molar-refractivity contribution in [2.24, 2.45) is 0 Å². The summed E-state index contributed by atoms with van der Waals surface area (Å²) in [6.45, 7) is 4.98. The third-order valence-electron chi connectivity index (χ3n) is 3.38. The van der Waals surface area contributed by atoms with E-state index in [1.54, 1.807) is 0 Å². The molecule has 0 aliphatic carbocycles. The molecular formula is C13H17Cl2N3O. The highest BCUT2D eigenvalue weighted by molar-refractivity contribution is 6.41. The van der Waals surface area contributed by atoms with E-state index in [1.165, 1.54) is 25.1 Å². The van der Waals surface area contributed by atoms with E-state index >= 15 is 0 Å². The number of hydrogen-bond donors (Lipinski definition) is 1. The molecule has 1 aliphatic heterocycles. The predicted octanol–water partition coefficient (Wildman–Crippen LogP) is 2.60. The van der Waals surface area contributed by atoms with Crippen molar-refractivity contribution < 1.29 is 4.79 Å². The number of rotatable bonds is 4. The Morgan fingerprint density at radius 3 is 2.79 bits per heavy atom. The standard InChI is InChI=1S/C13H17Cl2N3O/c1-9(18-4-2-3-5-18)7-17-13(19)10-6-11(14)12(15)16-8-10/h6,8-9H,2-5,7H2,1H3,(H,17,19). The highest BCUT2D eigenvalue weighted by Gasteiger charge is 2.18. The monoisotopic (exact) mass is 301 g/mol. The van der Waals surface area contributed by atoms with Gasteiger partial charge in [-0.1, -0.05) is 23.2 Å². The van der Waals surface area contributed by atoms with Crippen LogP contribution in [0, 0.1) is 0 Å². The number of hydrogen-bond acceptors (Lipinski definition) is 3. The number of aromatic nitrogens is 1. The number of carbonyl (C=O) groups excluding carboxylic acids is 1. The molecule has 0 radical (unpaired) electrons. The minimum atomic E-state index is -0.169. The molecule has 1 aromatic rings. The van der Waals surface area contributed by atoms with Crippen molar-refractivity contribution in [3.8, 4) is 0 Å². The van der Waals surface area contributed by atoms with E-state index in [0.29, 0.717) is 23.2 Å². The summed E-state index contributed by atoms with van der Waals surface area (Å²) in [5, 5.41) is 3.41. The third kappa shape index (κ3) is 3.81. The summed E-state index contributed by atoms with van der Waals surface area (Å²) in [5.74, 6) is -0.169. The van der Waals surface area contributed by atoms with E-state index in [9.17, 15) is 4.79 Å². The van der Waals surface area contributed by atoms with Gasteiger partial charge < -0.3 is 5.32 Å². The van der Waals surface area contributed by atoms with Gasteiger partial charge >= 0.3 is 0 Å².